The van der Waals surface area contributed by atoms with Gasteiger partial charge < -0.3 is 15.1 Å². The molecule has 0 saturated heterocycles. The molecule has 0 atom stereocenters. The lowest BCUT2D eigenvalue weighted by atomic mass is 10.1. The number of nitrogen functional groups attached to an aromatic ring is 1. The number of H-pyrrole nitrogens is 1. The molecule has 0 unspecified atom stereocenters. The molecular weight excluding hydrogens is 294 g/mol. The van der Waals surface area contributed by atoms with E-state index in [4.69, 9.17) is 10.2 Å². The van der Waals surface area contributed by atoms with Gasteiger partial charge in [-0.1, -0.05) is 30.3 Å². The van der Waals surface area contributed by atoms with Gasteiger partial charge in [0.2, 0.25) is 5.78 Å². The van der Waals surface area contributed by atoms with E-state index in [1.807, 2.05) is 6.07 Å². The first-order valence-corrected chi connectivity index (χ1v) is 6.89. The van der Waals surface area contributed by atoms with Crippen LogP contribution in [-0.4, -0.2) is 25.7 Å². The molecule has 0 amide bonds. The molecular formula is C16H11N5O2. The quantitative estimate of drug-likeness (QED) is 0.562. The van der Waals surface area contributed by atoms with Crippen LogP contribution in [0.5, 0.6) is 0 Å². The van der Waals surface area contributed by atoms with Crippen molar-refractivity contribution in [2.45, 2.75) is 0 Å². The van der Waals surface area contributed by atoms with Crippen LogP contribution in [0.25, 0.3) is 22.7 Å². The Balaban J connectivity index is 1.82. The van der Waals surface area contributed by atoms with Crippen molar-refractivity contribution >= 4 is 22.8 Å². The summed E-state index contributed by atoms with van der Waals surface area (Å²) in [4.78, 5) is 28.1. The molecule has 3 heterocycles. The summed E-state index contributed by atoms with van der Waals surface area (Å²) in [5, 5.41) is 0. The van der Waals surface area contributed by atoms with Gasteiger partial charge in [-0.15, -0.1) is 0 Å². The second-order valence-electron chi connectivity index (χ2n) is 4.89. The summed E-state index contributed by atoms with van der Waals surface area (Å²) in [6.45, 7) is 0. The molecule has 7 heteroatoms. The van der Waals surface area contributed by atoms with Crippen LogP contribution < -0.4 is 5.73 Å². The highest BCUT2D eigenvalue weighted by Crippen LogP contribution is 2.22. The minimum Gasteiger partial charge on any atom is -0.461 e. The molecule has 1 aromatic carbocycles. The van der Waals surface area contributed by atoms with Crippen LogP contribution in [0.1, 0.15) is 16.2 Å². The Bertz CT molecular complexity index is 990. The van der Waals surface area contributed by atoms with Crippen molar-refractivity contribution in [2.75, 3.05) is 5.73 Å². The molecule has 4 rings (SSSR count). The second kappa shape index (κ2) is 5.06. The average molecular weight is 305 g/mol. The molecule has 7 nitrogen and oxygen atoms in total. The minimum absolute atomic E-state index is 0.170. The fourth-order valence-electron chi connectivity index (χ4n) is 2.27. The number of carbonyl (C=O) groups is 1. The number of aromatic nitrogens is 4. The Labute approximate surface area is 130 Å². The van der Waals surface area contributed by atoms with E-state index < -0.39 is 0 Å². The van der Waals surface area contributed by atoms with Crippen LogP contribution in [-0.2, 0) is 0 Å². The third-order valence-electron chi connectivity index (χ3n) is 3.36. The van der Waals surface area contributed by atoms with Crippen LogP contribution >= 0.6 is 0 Å². The molecule has 0 aliphatic carbocycles. The topological polar surface area (TPSA) is 111 Å². The van der Waals surface area contributed by atoms with Crippen molar-refractivity contribution in [3.8, 4) is 11.6 Å². The van der Waals surface area contributed by atoms with Crippen molar-refractivity contribution in [1.29, 1.82) is 0 Å². The van der Waals surface area contributed by atoms with Gasteiger partial charge in [0, 0.05) is 5.56 Å². The van der Waals surface area contributed by atoms with Gasteiger partial charge in [-0.05, 0) is 12.1 Å². The fraction of sp³-hybridized carbons (Fsp3) is 0. The lowest BCUT2D eigenvalue weighted by Gasteiger charge is -1.97. The Kier molecular flexibility index (Phi) is 2.90. The van der Waals surface area contributed by atoms with E-state index in [1.165, 1.54) is 6.26 Å². The van der Waals surface area contributed by atoms with Gasteiger partial charge in [-0.25, -0.2) is 15.0 Å². The van der Waals surface area contributed by atoms with E-state index in [9.17, 15) is 4.79 Å². The van der Waals surface area contributed by atoms with Crippen molar-refractivity contribution in [3.63, 3.8) is 0 Å². The molecule has 0 saturated carbocycles. The smallest absolute Gasteiger partial charge is 0.228 e. The average Bonchev–Trinajstić information content (AvgIpc) is 3.24. The Morgan fingerprint density at radius 3 is 2.61 bits per heavy atom. The first-order valence-electron chi connectivity index (χ1n) is 6.89. The number of ketones is 1. The van der Waals surface area contributed by atoms with E-state index in [0.29, 0.717) is 28.3 Å². The van der Waals surface area contributed by atoms with Gasteiger partial charge in [0.05, 0.1) is 6.26 Å². The number of nitrogens with one attached hydrogen (secondary N) is 1. The molecule has 0 aliphatic rings. The van der Waals surface area contributed by atoms with Gasteiger partial charge in [-0.2, -0.15) is 0 Å². The number of imidazole rings is 1. The number of benzene rings is 1. The van der Waals surface area contributed by atoms with Crippen molar-refractivity contribution < 1.29 is 9.21 Å². The van der Waals surface area contributed by atoms with E-state index in [2.05, 4.69) is 19.9 Å². The number of fused-ring (bicyclic) bond motifs is 1. The molecule has 0 bridgehead atoms. The number of furan rings is 1. The fourth-order valence-corrected chi connectivity index (χ4v) is 2.27. The minimum atomic E-state index is -0.234. The lowest BCUT2D eigenvalue weighted by Crippen LogP contribution is -2.03. The maximum absolute atomic E-state index is 12.4. The largest absolute Gasteiger partial charge is 0.461 e. The zero-order valence-corrected chi connectivity index (χ0v) is 11.9. The standard InChI is InChI=1S/C16H11N5O2/c17-13-11-15(20-14(19-13)10-7-4-8-23-10)21-16(18-11)12(22)9-5-2-1-3-6-9/h1-8H,(H3,17,18,19,20,21). The van der Waals surface area contributed by atoms with Gasteiger partial charge in [0.15, 0.2) is 34.4 Å². The molecule has 0 radical (unpaired) electrons. The van der Waals surface area contributed by atoms with Gasteiger partial charge in [0.1, 0.15) is 0 Å². The Morgan fingerprint density at radius 1 is 1.04 bits per heavy atom. The number of hydrogen-bond acceptors (Lipinski definition) is 6. The van der Waals surface area contributed by atoms with Crippen LogP contribution in [0.2, 0.25) is 0 Å². The molecule has 3 N–H and O–H groups in total. The number of carbonyl (C=O) groups excluding carboxylic acids is 1. The van der Waals surface area contributed by atoms with E-state index in [1.54, 1.807) is 36.4 Å². The van der Waals surface area contributed by atoms with E-state index in [-0.39, 0.29) is 17.4 Å². The summed E-state index contributed by atoms with van der Waals surface area (Å²) in [5.74, 6) is 0.947. The third kappa shape index (κ3) is 2.24. The lowest BCUT2D eigenvalue weighted by molar-refractivity contribution is 0.103. The Hall–Kier alpha value is -3.48. The van der Waals surface area contributed by atoms with Gasteiger partial charge >= 0.3 is 0 Å². The van der Waals surface area contributed by atoms with Crippen molar-refractivity contribution in [3.05, 3.63) is 60.1 Å². The predicted octanol–water partition coefficient (Wildman–Crippen LogP) is 2.43. The SMILES string of the molecule is Nc1nc(-c2ccco2)nc2[nH]c(C(=O)c3ccccc3)nc12. The van der Waals surface area contributed by atoms with Gasteiger partial charge in [-0.3, -0.25) is 4.79 Å². The van der Waals surface area contributed by atoms with E-state index in [0.717, 1.165) is 0 Å². The second-order valence-corrected chi connectivity index (χ2v) is 4.89. The molecule has 0 fully saturated rings. The molecule has 4 aromatic rings. The summed E-state index contributed by atoms with van der Waals surface area (Å²) in [6.07, 6.45) is 1.52. The number of aromatic amines is 1. The normalized spacial score (nSPS) is 11.0. The Morgan fingerprint density at radius 2 is 1.87 bits per heavy atom. The zero-order valence-electron chi connectivity index (χ0n) is 11.9. The summed E-state index contributed by atoms with van der Waals surface area (Å²) < 4.78 is 5.27. The monoisotopic (exact) mass is 305 g/mol. The first kappa shape index (κ1) is 13.2. The zero-order chi connectivity index (χ0) is 15.8. The number of anilines is 1. The number of rotatable bonds is 3. The van der Waals surface area contributed by atoms with Crippen LogP contribution in [0.4, 0.5) is 5.82 Å². The van der Waals surface area contributed by atoms with E-state index >= 15 is 0 Å². The van der Waals surface area contributed by atoms with Gasteiger partial charge in [0.25, 0.3) is 0 Å². The third-order valence-corrected chi connectivity index (χ3v) is 3.36. The summed E-state index contributed by atoms with van der Waals surface area (Å²) >= 11 is 0. The highest BCUT2D eigenvalue weighted by atomic mass is 16.3. The van der Waals surface area contributed by atoms with Crippen molar-refractivity contribution in [2.24, 2.45) is 0 Å². The molecule has 112 valence electrons. The molecule has 23 heavy (non-hydrogen) atoms. The number of nitrogens with zero attached hydrogens (tertiary/aromatic N) is 3. The van der Waals surface area contributed by atoms with Crippen molar-refractivity contribution in [1.82, 2.24) is 19.9 Å². The number of nitrogens with two attached hydrogens (primary N) is 1. The molecule has 0 aliphatic heterocycles. The van der Waals surface area contributed by atoms with Crippen LogP contribution in [0.3, 0.4) is 0 Å². The highest BCUT2D eigenvalue weighted by Gasteiger charge is 2.18. The first-order chi connectivity index (χ1) is 11.2. The summed E-state index contributed by atoms with van der Waals surface area (Å²) in [6, 6.07) is 12.3. The maximum atomic E-state index is 12.4. The highest BCUT2D eigenvalue weighted by molar-refractivity contribution is 6.08. The molecule has 3 aromatic heterocycles. The molecule has 0 spiro atoms. The summed E-state index contributed by atoms with van der Waals surface area (Å²) in [5.41, 5.74) is 7.21. The maximum Gasteiger partial charge on any atom is 0.228 e. The summed E-state index contributed by atoms with van der Waals surface area (Å²) in [7, 11) is 0. The predicted molar refractivity (Wildman–Crippen MR) is 83.7 cm³/mol. The van der Waals surface area contributed by atoms with Crippen LogP contribution in [0, 0.1) is 0 Å². The number of hydrogen-bond donors (Lipinski definition) is 2. The van der Waals surface area contributed by atoms with Crippen LogP contribution in [0.15, 0.2) is 53.1 Å².